The zero-order valence-electron chi connectivity index (χ0n) is 16.2. The number of hydrogen-bond donors (Lipinski definition) is 0. The first kappa shape index (κ1) is 19.4. The van der Waals surface area contributed by atoms with Gasteiger partial charge in [0, 0.05) is 19.5 Å². The van der Waals surface area contributed by atoms with Gasteiger partial charge >= 0.3 is 5.97 Å². The number of amides is 1. The number of methoxy groups -OCH3 is 1. The minimum Gasteiger partial charge on any atom is -0.469 e. The predicted molar refractivity (Wildman–Crippen MR) is 106 cm³/mol. The summed E-state index contributed by atoms with van der Waals surface area (Å²) in [6.07, 6.45) is 12.6. The highest BCUT2D eigenvalue weighted by molar-refractivity contribution is 5.76. The van der Waals surface area contributed by atoms with Crippen LogP contribution in [0.2, 0.25) is 0 Å². The minimum absolute atomic E-state index is 0.214. The number of carbonyl (C=O) groups excluding carboxylic acids is 2. The van der Waals surface area contributed by atoms with Crippen molar-refractivity contribution in [2.75, 3.05) is 20.2 Å². The van der Waals surface area contributed by atoms with Crippen molar-refractivity contribution in [3.63, 3.8) is 0 Å². The van der Waals surface area contributed by atoms with Gasteiger partial charge in [0.15, 0.2) is 0 Å². The van der Waals surface area contributed by atoms with E-state index in [4.69, 9.17) is 4.74 Å². The number of allylic oxidation sites excluding steroid dienone is 4. The molecule has 1 aliphatic carbocycles. The second-order valence-electron chi connectivity index (χ2n) is 7.41. The van der Waals surface area contributed by atoms with Crippen LogP contribution in [-0.2, 0) is 20.7 Å². The first-order chi connectivity index (χ1) is 13.2. The van der Waals surface area contributed by atoms with E-state index in [0.717, 1.165) is 50.8 Å². The van der Waals surface area contributed by atoms with E-state index in [2.05, 4.69) is 30.4 Å². The summed E-state index contributed by atoms with van der Waals surface area (Å²) in [5.41, 5.74) is 3.58. The maximum Gasteiger partial charge on any atom is 0.309 e. The Hall–Kier alpha value is -2.36. The lowest BCUT2D eigenvalue weighted by Crippen LogP contribution is -2.37. The maximum atomic E-state index is 12.5. The minimum atomic E-state index is -0.214. The molecule has 0 bridgehead atoms. The summed E-state index contributed by atoms with van der Waals surface area (Å²) in [5.74, 6) is 0.556. The van der Waals surface area contributed by atoms with Crippen molar-refractivity contribution in [2.45, 2.75) is 50.9 Å². The zero-order chi connectivity index (χ0) is 19.1. The molecule has 0 N–H and O–H groups in total. The second-order valence-corrected chi connectivity index (χ2v) is 7.41. The standard InChI is InChI=1S/C23H29NO3/c1-27-23(26)17-19-7-10-20(11-8-19)21-13-15-24(16-14-21)22(25)12-9-18-5-3-2-4-6-18/h3,5-8,10-11,21H,2,4,9,12-17H2,1H3. The van der Waals surface area contributed by atoms with E-state index in [9.17, 15) is 9.59 Å². The fourth-order valence-corrected chi connectivity index (χ4v) is 3.87. The highest BCUT2D eigenvalue weighted by Gasteiger charge is 2.23. The molecule has 4 heteroatoms. The van der Waals surface area contributed by atoms with E-state index in [1.54, 1.807) is 0 Å². The number of nitrogens with zero attached hydrogens (tertiary/aromatic N) is 1. The summed E-state index contributed by atoms with van der Waals surface area (Å²) in [6, 6.07) is 8.25. The van der Waals surface area contributed by atoms with Gasteiger partial charge in [-0.15, -0.1) is 0 Å². The lowest BCUT2D eigenvalue weighted by atomic mass is 9.88. The van der Waals surface area contributed by atoms with E-state index >= 15 is 0 Å². The Balaban J connectivity index is 1.45. The Morgan fingerprint density at radius 3 is 2.48 bits per heavy atom. The van der Waals surface area contributed by atoms with Gasteiger partial charge in [0.1, 0.15) is 0 Å². The smallest absolute Gasteiger partial charge is 0.309 e. The molecule has 1 fully saturated rings. The van der Waals surface area contributed by atoms with Crippen LogP contribution in [0.15, 0.2) is 48.1 Å². The van der Waals surface area contributed by atoms with Gasteiger partial charge in [0.05, 0.1) is 13.5 Å². The number of piperidine rings is 1. The normalized spacial score (nSPS) is 17.5. The average Bonchev–Trinajstić information content (AvgIpc) is 2.73. The quantitative estimate of drug-likeness (QED) is 0.709. The van der Waals surface area contributed by atoms with Crippen LogP contribution in [0.5, 0.6) is 0 Å². The summed E-state index contributed by atoms with van der Waals surface area (Å²) in [6.45, 7) is 1.67. The number of rotatable bonds is 6. The Kier molecular flexibility index (Phi) is 6.86. The maximum absolute atomic E-state index is 12.5. The molecule has 2 aliphatic rings. The first-order valence-corrected chi connectivity index (χ1v) is 9.94. The Morgan fingerprint density at radius 1 is 1.11 bits per heavy atom. The summed E-state index contributed by atoms with van der Waals surface area (Å²) in [4.78, 5) is 25.9. The lowest BCUT2D eigenvalue weighted by Gasteiger charge is -2.32. The predicted octanol–water partition coefficient (Wildman–Crippen LogP) is 4.16. The lowest BCUT2D eigenvalue weighted by molar-refractivity contribution is -0.139. The molecule has 27 heavy (non-hydrogen) atoms. The summed E-state index contributed by atoms with van der Waals surface area (Å²) < 4.78 is 4.71. The van der Waals surface area contributed by atoms with Crippen LogP contribution in [0.3, 0.4) is 0 Å². The van der Waals surface area contributed by atoms with Gasteiger partial charge in [-0.2, -0.15) is 0 Å². The molecule has 0 unspecified atom stereocenters. The highest BCUT2D eigenvalue weighted by atomic mass is 16.5. The van der Waals surface area contributed by atoms with Crippen molar-refractivity contribution in [3.8, 4) is 0 Å². The molecule has 1 heterocycles. The third-order valence-corrected chi connectivity index (χ3v) is 5.57. The number of hydrogen-bond acceptors (Lipinski definition) is 3. The molecule has 0 atom stereocenters. The van der Waals surface area contributed by atoms with Gasteiger partial charge in [0.25, 0.3) is 0 Å². The first-order valence-electron chi connectivity index (χ1n) is 9.94. The molecular formula is C23H29NO3. The Labute approximate surface area is 161 Å². The Bertz CT molecular complexity index is 710. The SMILES string of the molecule is COC(=O)Cc1ccc(C2CCN(C(=O)CCC3=CCCC=C3)CC2)cc1. The summed E-state index contributed by atoms with van der Waals surface area (Å²) >= 11 is 0. The van der Waals surface area contributed by atoms with Crippen LogP contribution >= 0.6 is 0 Å². The van der Waals surface area contributed by atoms with E-state index in [1.165, 1.54) is 18.2 Å². The zero-order valence-corrected chi connectivity index (χ0v) is 16.2. The molecule has 0 radical (unpaired) electrons. The largest absolute Gasteiger partial charge is 0.469 e. The van der Waals surface area contributed by atoms with Gasteiger partial charge in [-0.25, -0.2) is 0 Å². The van der Waals surface area contributed by atoms with Crippen molar-refractivity contribution in [3.05, 3.63) is 59.2 Å². The van der Waals surface area contributed by atoms with Crippen molar-refractivity contribution < 1.29 is 14.3 Å². The van der Waals surface area contributed by atoms with E-state index in [-0.39, 0.29) is 11.9 Å². The van der Waals surface area contributed by atoms with E-state index < -0.39 is 0 Å². The van der Waals surface area contributed by atoms with Crippen LogP contribution in [0.25, 0.3) is 0 Å². The van der Waals surface area contributed by atoms with Gasteiger partial charge in [-0.3, -0.25) is 9.59 Å². The molecule has 0 saturated carbocycles. The van der Waals surface area contributed by atoms with Crippen molar-refractivity contribution in [1.82, 2.24) is 4.90 Å². The number of esters is 1. The van der Waals surface area contributed by atoms with Gasteiger partial charge in [0.2, 0.25) is 5.91 Å². The van der Waals surface area contributed by atoms with Gasteiger partial charge in [-0.05, 0) is 49.1 Å². The fraction of sp³-hybridized carbons (Fsp3) is 0.478. The average molecular weight is 367 g/mol. The molecule has 0 aromatic heterocycles. The van der Waals surface area contributed by atoms with Crippen molar-refractivity contribution in [2.24, 2.45) is 0 Å². The van der Waals surface area contributed by atoms with E-state index in [0.29, 0.717) is 18.8 Å². The third-order valence-electron chi connectivity index (χ3n) is 5.57. The molecule has 1 aromatic rings. The second kappa shape index (κ2) is 9.54. The molecule has 0 spiro atoms. The van der Waals surface area contributed by atoms with Gasteiger partial charge in [-0.1, -0.05) is 48.1 Å². The topological polar surface area (TPSA) is 46.6 Å². The molecule has 1 aliphatic heterocycles. The number of benzene rings is 1. The van der Waals surface area contributed by atoms with E-state index in [1.807, 2.05) is 17.0 Å². The summed E-state index contributed by atoms with van der Waals surface area (Å²) in [5, 5.41) is 0. The highest BCUT2D eigenvalue weighted by Crippen LogP contribution is 2.29. The van der Waals surface area contributed by atoms with Crippen LogP contribution in [-0.4, -0.2) is 37.0 Å². The third kappa shape index (κ3) is 5.56. The van der Waals surface area contributed by atoms with Crippen LogP contribution in [0.1, 0.15) is 55.6 Å². The van der Waals surface area contributed by atoms with Gasteiger partial charge < -0.3 is 9.64 Å². The molecule has 144 valence electrons. The number of carbonyl (C=O) groups is 2. The van der Waals surface area contributed by atoms with Crippen LogP contribution < -0.4 is 0 Å². The molecule has 1 amide bonds. The molecule has 4 nitrogen and oxygen atoms in total. The molecule has 3 rings (SSSR count). The molecule has 1 saturated heterocycles. The fourth-order valence-electron chi connectivity index (χ4n) is 3.87. The van der Waals surface area contributed by atoms with Crippen LogP contribution in [0, 0.1) is 0 Å². The number of ether oxygens (including phenoxy) is 1. The number of likely N-dealkylation sites (tertiary alicyclic amines) is 1. The monoisotopic (exact) mass is 367 g/mol. The Morgan fingerprint density at radius 2 is 1.85 bits per heavy atom. The van der Waals surface area contributed by atoms with Crippen molar-refractivity contribution >= 4 is 11.9 Å². The van der Waals surface area contributed by atoms with Crippen LogP contribution in [0.4, 0.5) is 0 Å². The summed E-state index contributed by atoms with van der Waals surface area (Å²) in [7, 11) is 1.41. The molecular weight excluding hydrogens is 338 g/mol. The molecule has 1 aromatic carbocycles. The van der Waals surface area contributed by atoms with Crippen molar-refractivity contribution in [1.29, 1.82) is 0 Å².